The summed E-state index contributed by atoms with van der Waals surface area (Å²) < 4.78 is 24.1. The fourth-order valence-corrected chi connectivity index (χ4v) is 2.28. The molecule has 7 nitrogen and oxygen atoms in total. The average molecular weight is 267 g/mol. The van der Waals surface area contributed by atoms with E-state index in [1.165, 1.54) is 4.57 Å². The molecule has 0 aromatic carbocycles. The molecule has 18 heavy (non-hydrogen) atoms. The second kappa shape index (κ2) is 4.46. The third-order valence-corrected chi connectivity index (χ3v) is 3.27. The summed E-state index contributed by atoms with van der Waals surface area (Å²) in [6.45, 7) is 4.06. The Kier molecular flexibility index (Phi) is 3.14. The van der Waals surface area contributed by atoms with Crippen LogP contribution in [0.2, 0.25) is 0 Å². The minimum absolute atomic E-state index is 0.236. The topological polar surface area (TPSA) is 104 Å². The van der Waals surface area contributed by atoms with Crippen molar-refractivity contribution >= 4 is 10.0 Å². The van der Waals surface area contributed by atoms with Crippen LogP contribution in [0.25, 0.3) is 11.4 Å². The lowest BCUT2D eigenvalue weighted by atomic mass is 10.2. The summed E-state index contributed by atoms with van der Waals surface area (Å²) in [6, 6.07) is 3.63. The Balaban J connectivity index is 2.59. The van der Waals surface area contributed by atoms with Crippen LogP contribution < -0.4 is 5.14 Å². The molecule has 8 heteroatoms. The summed E-state index contributed by atoms with van der Waals surface area (Å²) in [7, 11) is -3.87. The minimum Gasteiger partial charge on any atom is -0.297 e. The van der Waals surface area contributed by atoms with E-state index in [9.17, 15) is 8.42 Å². The Morgan fingerprint density at radius 1 is 1.33 bits per heavy atom. The standard InChI is InChI=1S/C10H13N5O2S/c1-3-15-9(8-5-4-7(2)12-6-8)13-14-10(15)18(11,16)17/h4-6H,3H2,1-2H3,(H2,11,16,17). The van der Waals surface area contributed by atoms with Gasteiger partial charge in [-0.05, 0) is 26.0 Å². The molecule has 0 aliphatic heterocycles. The van der Waals surface area contributed by atoms with E-state index in [-0.39, 0.29) is 5.16 Å². The lowest BCUT2D eigenvalue weighted by Crippen LogP contribution is -2.18. The molecule has 2 aromatic heterocycles. The predicted octanol–water partition coefficient (Wildman–Crippen LogP) is 0.316. The predicted molar refractivity (Wildman–Crippen MR) is 65.0 cm³/mol. The van der Waals surface area contributed by atoms with Crippen molar-refractivity contribution in [2.45, 2.75) is 25.5 Å². The highest BCUT2D eigenvalue weighted by atomic mass is 32.2. The van der Waals surface area contributed by atoms with Crippen LogP contribution >= 0.6 is 0 Å². The molecule has 2 rings (SSSR count). The van der Waals surface area contributed by atoms with Crippen LogP contribution in [0.1, 0.15) is 12.6 Å². The fourth-order valence-electron chi connectivity index (χ4n) is 1.60. The third-order valence-electron chi connectivity index (χ3n) is 2.46. The molecule has 0 radical (unpaired) electrons. The van der Waals surface area contributed by atoms with Gasteiger partial charge in [-0.3, -0.25) is 9.55 Å². The summed E-state index contributed by atoms with van der Waals surface area (Å²) >= 11 is 0. The first-order chi connectivity index (χ1) is 8.43. The Morgan fingerprint density at radius 3 is 2.56 bits per heavy atom. The molecule has 0 bridgehead atoms. The Bertz CT molecular complexity index is 660. The number of primary sulfonamides is 1. The first-order valence-corrected chi connectivity index (χ1v) is 6.87. The number of pyridine rings is 1. The van der Waals surface area contributed by atoms with Crippen molar-refractivity contribution in [3.05, 3.63) is 24.0 Å². The van der Waals surface area contributed by atoms with Crippen LogP contribution in [-0.2, 0) is 16.6 Å². The molecule has 0 amide bonds. The lowest BCUT2D eigenvalue weighted by Gasteiger charge is -2.05. The molecular weight excluding hydrogens is 254 g/mol. The van der Waals surface area contributed by atoms with Gasteiger partial charge in [0.15, 0.2) is 5.82 Å². The first-order valence-electron chi connectivity index (χ1n) is 5.32. The van der Waals surface area contributed by atoms with Gasteiger partial charge in [0.2, 0.25) is 0 Å². The quantitative estimate of drug-likeness (QED) is 0.862. The van der Waals surface area contributed by atoms with Crippen LogP contribution in [0.3, 0.4) is 0 Å². The van der Waals surface area contributed by atoms with Gasteiger partial charge in [0.1, 0.15) is 0 Å². The molecule has 0 unspecified atom stereocenters. The summed E-state index contributed by atoms with van der Waals surface area (Å²) in [6.07, 6.45) is 1.62. The number of hydrogen-bond acceptors (Lipinski definition) is 5. The van der Waals surface area contributed by atoms with E-state index in [4.69, 9.17) is 5.14 Å². The van der Waals surface area contributed by atoms with Crippen LogP contribution in [0.4, 0.5) is 0 Å². The fraction of sp³-hybridized carbons (Fsp3) is 0.300. The van der Waals surface area contributed by atoms with Crippen LogP contribution in [0.5, 0.6) is 0 Å². The number of nitrogens with zero attached hydrogens (tertiary/aromatic N) is 4. The lowest BCUT2D eigenvalue weighted by molar-refractivity contribution is 0.571. The summed E-state index contributed by atoms with van der Waals surface area (Å²) in [4.78, 5) is 4.14. The second-order valence-corrected chi connectivity index (χ2v) is 5.24. The van der Waals surface area contributed by atoms with Gasteiger partial charge in [0.25, 0.3) is 15.2 Å². The molecule has 2 N–H and O–H groups in total. The van der Waals surface area contributed by atoms with Crippen LogP contribution in [-0.4, -0.2) is 28.2 Å². The summed E-state index contributed by atoms with van der Waals surface area (Å²) in [5.41, 5.74) is 1.57. The van der Waals surface area contributed by atoms with Gasteiger partial charge in [0.05, 0.1) is 0 Å². The number of nitrogens with two attached hydrogens (primary N) is 1. The zero-order valence-corrected chi connectivity index (χ0v) is 10.8. The maximum Gasteiger partial charge on any atom is 0.273 e. The maximum atomic E-state index is 11.4. The molecule has 96 valence electrons. The van der Waals surface area contributed by atoms with Crippen molar-refractivity contribution in [3.8, 4) is 11.4 Å². The third kappa shape index (κ3) is 2.24. The van der Waals surface area contributed by atoms with Gasteiger partial charge in [-0.15, -0.1) is 10.2 Å². The Morgan fingerprint density at radius 2 is 2.06 bits per heavy atom. The Labute approximate surface area is 105 Å². The van der Waals surface area contributed by atoms with E-state index in [0.29, 0.717) is 17.9 Å². The number of hydrogen-bond donors (Lipinski definition) is 1. The normalized spacial score (nSPS) is 11.7. The average Bonchev–Trinajstić information content (AvgIpc) is 2.73. The molecule has 0 atom stereocenters. The van der Waals surface area contributed by atoms with E-state index >= 15 is 0 Å². The maximum absolute atomic E-state index is 11.4. The smallest absolute Gasteiger partial charge is 0.273 e. The number of rotatable bonds is 3. The van der Waals surface area contributed by atoms with Crippen molar-refractivity contribution in [1.29, 1.82) is 0 Å². The summed E-state index contributed by atoms with van der Waals surface area (Å²) in [5, 5.41) is 12.3. The first kappa shape index (κ1) is 12.7. The molecule has 0 fully saturated rings. The van der Waals surface area contributed by atoms with Gasteiger partial charge in [-0.2, -0.15) is 0 Å². The molecule has 0 aliphatic rings. The van der Waals surface area contributed by atoms with Crippen molar-refractivity contribution in [1.82, 2.24) is 19.7 Å². The molecule has 0 saturated heterocycles. The SMILES string of the molecule is CCn1c(-c2ccc(C)nc2)nnc1S(N)(=O)=O. The molecule has 2 aromatic rings. The largest absolute Gasteiger partial charge is 0.297 e. The Hall–Kier alpha value is -1.80. The number of sulfonamides is 1. The van der Waals surface area contributed by atoms with Crippen LogP contribution in [0, 0.1) is 6.92 Å². The molecule has 0 aliphatic carbocycles. The van der Waals surface area contributed by atoms with E-state index in [0.717, 1.165) is 5.69 Å². The van der Waals surface area contributed by atoms with Gasteiger partial charge in [-0.25, -0.2) is 13.6 Å². The highest BCUT2D eigenvalue weighted by Crippen LogP contribution is 2.19. The van der Waals surface area contributed by atoms with E-state index in [1.807, 2.05) is 19.1 Å². The van der Waals surface area contributed by atoms with Crippen molar-refractivity contribution in [2.75, 3.05) is 0 Å². The van der Waals surface area contributed by atoms with Gasteiger partial charge >= 0.3 is 0 Å². The van der Waals surface area contributed by atoms with Crippen LogP contribution in [0.15, 0.2) is 23.5 Å². The molecular formula is C10H13N5O2S. The highest BCUT2D eigenvalue weighted by Gasteiger charge is 2.20. The minimum atomic E-state index is -3.87. The van der Waals surface area contributed by atoms with Gasteiger partial charge < -0.3 is 0 Å². The number of aromatic nitrogens is 4. The molecule has 0 saturated carbocycles. The monoisotopic (exact) mass is 267 g/mol. The van der Waals surface area contributed by atoms with E-state index in [1.54, 1.807) is 13.1 Å². The molecule has 0 spiro atoms. The van der Waals surface area contributed by atoms with E-state index in [2.05, 4.69) is 15.2 Å². The zero-order chi connectivity index (χ0) is 13.3. The zero-order valence-electron chi connectivity index (χ0n) is 10.0. The van der Waals surface area contributed by atoms with Gasteiger partial charge in [0, 0.05) is 24.0 Å². The van der Waals surface area contributed by atoms with Crippen molar-refractivity contribution in [2.24, 2.45) is 5.14 Å². The van der Waals surface area contributed by atoms with Crippen molar-refractivity contribution in [3.63, 3.8) is 0 Å². The summed E-state index contributed by atoms with van der Waals surface area (Å²) in [5.74, 6) is 0.439. The highest BCUT2D eigenvalue weighted by molar-refractivity contribution is 7.89. The molecule has 2 heterocycles. The number of aryl methyl sites for hydroxylation is 1. The van der Waals surface area contributed by atoms with Crippen molar-refractivity contribution < 1.29 is 8.42 Å². The van der Waals surface area contributed by atoms with Gasteiger partial charge in [-0.1, -0.05) is 0 Å². The second-order valence-electron chi connectivity index (χ2n) is 3.78. The van der Waals surface area contributed by atoms with E-state index < -0.39 is 10.0 Å².